The van der Waals surface area contributed by atoms with Crippen LogP contribution in [0.5, 0.6) is 0 Å². The third-order valence-electron chi connectivity index (χ3n) is 4.38. The predicted octanol–water partition coefficient (Wildman–Crippen LogP) is 1.81. The number of nitrogens with zero attached hydrogens (tertiary/aromatic N) is 2. The molecular formula is C15H31IN4O. The van der Waals surface area contributed by atoms with Gasteiger partial charge < -0.3 is 15.8 Å². The molecule has 124 valence electrons. The third-order valence-corrected chi connectivity index (χ3v) is 4.38. The van der Waals surface area contributed by atoms with E-state index in [1.807, 2.05) is 0 Å². The van der Waals surface area contributed by atoms with Crippen molar-refractivity contribution < 1.29 is 4.74 Å². The van der Waals surface area contributed by atoms with Gasteiger partial charge in [-0.15, -0.1) is 24.0 Å². The molecule has 1 heterocycles. The summed E-state index contributed by atoms with van der Waals surface area (Å²) in [5, 5.41) is 3.23. The fraction of sp³-hybridized carbons (Fsp3) is 0.933. The Morgan fingerprint density at radius 1 is 1.33 bits per heavy atom. The lowest BCUT2D eigenvalue weighted by Gasteiger charge is -2.26. The van der Waals surface area contributed by atoms with Crippen LogP contribution in [0.25, 0.3) is 0 Å². The summed E-state index contributed by atoms with van der Waals surface area (Å²) in [5.74, 6) is 0.620. The monoisotopic (exact) mass is 410 g/mol. The zero-order valence-corrected chi connectivity index (χ0v) is 15.6. The minimum Gasteiger partial charge on any atom is -0.379 e. The zero-order valence-electron chi connectivity index (χ0n) is 13.3. The van der Waals surface area contributed by atoms with E-state index < -0.39 is 0 Å². The molecule has 5 nitrogen and oxygen atoms in total. The van der Waals surface area contributed by atoms with Crippen LogP contribution in [0.2, 0.25) is 0 Å². The smallest absolute Gasteiger partial charge is 0.188 e. The van der Waals surface area contributed by atoms with Crippen LogP contribution in [-0.4, -0.2) is 56.8 Å². The highest BCUT2D eigenvalue weighted by atomic mass is 127. The Balaban J connectivity index is 0.00000220. The summed E-state index contributed by atoms with van der Waals surface area (Å²) in [7, 11) is 0. The van der Waals surface area contributed by atoms with E-state index in [-0.39, 0.29) is 24.0 Å². The van der Waals surface area contributed by atoms with Crippen LogP contribution in [0.3, 0.4) is 0 Å². The highest BCUT2D eigenvalue weighted by Gasteiger charge is 2.41. The first-order valence-electron chi connectivity index (χ1n) is 8.08. The van der Waals surface area contributed by atoms with Crippen LogP contribution in [-0.2, 0) is 4.74 Å². The van der Waals surface area contributed by atoms with E-state index in [9.17, 15) is 0 Å². The minimum atomic E-state index is 0. The van der Waals surface area contributed by atoms with Crippen molar-refractivity contribution in [3.63, 3.8) is 0 Å². The molecule has 1 saturated carbocycles. The molecule has 2 rings (SSSR count). The van der Waals surface area contributed by atoms with Crippen LogP contribution >= 0.6 is 24.0 Å². The van der Waals surface area contributed by atoms with Gasteiger partial charge in [-0.1, -0.05) is 13.3 Å². The normalized spacial score (nSPS) is 21.7. The van der Waals surface area contributed by atoms with Gasteiger partial charge in [-0.2, -0.15) is 0 Å². The summed E-state index contributed by atoms with van der Waals surface area (Å²) in [6.07, 6.45) is 6.31. The number of rotatable bonds is 8. The van der Waals surface area contributed by atoms with Crippen molar-refractivity contribution in [2.75, 3.05) is 45.9 Å². The molecule has 2 aliphatic rings. The maximum Gasteiger partial charge on any atom is 0.188 e. The van der Waals surface area contributed by atoms with Crippen molar-refractivity contribution in [2.24, 2.45) is 16.1 Å². The number of halogens is 1. The molecule has 1 aliphatic carbocycles. The number of guanidine groups is 1. The molecule has 2 fully saturated rings. The van der Waals surface area contributed by atoms with E-state index in [1.165, 1.54) is 25.7 Å². The quantitative estimate of drug-likeness (QED) is 0.277. The van der Waals surface area contributed by atoms with Crippen molar-refractivity contribution >= 4 is 29.9 Å². The lowest BCUT2D eigenvalue weighted by Crippen LogP contribution is -2.39. The molecule has 1 aliphatic heterocycles. The van der Waals surface area contributed by atoms with Crippen LogP contribution < -0.4 is 11.1 Å². The Kier molecular flexibility index (Phi) is 8.89. The number of hydrogen-bond acceptors (Lipinski definition) is 3. The molecule has 3 N–H and O–H groups in total. The molecule has 0 bridgehead atoms. The molecule has 0 amide bonds. The summed E-state index contributed by atoms with van der Waals surface area (Å²) in [6, 6.07) is 0. The molecule has 0 aromatic rings. The van der Waals surface area contributed by atoms with Crippen molar-refractivity contribution in [2.45, 2.75) is 39.0 Å². The van der Waals surface area contributed by atoms with E-state index in [0.29, 0.717) is 11.4 Å². The second-order valence-electron chi connectivity index (χ2n) is 6.19. The molecule has 0 atom stereocenters. The average Bonchev–Trinajstić information content (AvgIpc) is 3.23. The van der Waals surface area contributed by atoms with Gasteiger partial charge in [0, 0.05) is 26.2 Å². The largest absolute Gasteiger partial charge is 0.379 e. The number of aliphatic imine (C=N–C) groups is 1. The Bertz CT molecular complexity index is 315. The lowest BCUT2D eigenvalue weighted by molar-refractivity contribution is 0.0376. The van der Waals surface area contributed by atoms with Crippen molar-refractivity contribution in [3.8, 4) is 0 Å². The van der Waals surface area contributed by atoms with Crippen molar-refractivity contribution in [1.82, 2.24) is 10.2 Å². The Hall–Kier alpha value is -0.0800. The summed E-state index contributed by atoms with van der Waals surface area (Å²) in [4.78, 5) is 6.95. The van der Waals surface area contributed by atoms with Gasteiger partial charge in [0.25, 0.3) is 0 Å². The maximum atomic E-state index is 5.93. The fourth-order valence-electron chi connectivity index (χ4n) is 2.85. The molecule has 0 radical (unpaired) electrons. The number of nitrogens with two attached hydrogens (primary N) is 1. The third kappa shape index (κ3) is 7.15. The van der Waals surface area contributed by atoms with Crippen LogP contribution in [0.15, 0.2) is 4.99 Å². The van der Waals surface area contributed by atoms with Gasteiger partial charge in [-0.3, -0.25) is 9.89 Å². The highest BCUT2D eigenvalue weighted by Crippen LogP contribution is 2.49. The Morgan fingerprint density at radius 2 is 2.05 bits per heavy atom. The van der Waals surface area contributed by atoms with Gasteiger partial charge >= 0.3 is 0 Å². The average molecular weight is 410 g/mol. The first kappa shape index (κ1) is 19.0. The summed E-state index contributed by atoms with van der Waals surface area (Å²) in [5.41, 5.74) is 6.42. The number of morpholine rings is 1. The van der Waals surface area contributed by atoms with Crippen LogP contribution in [0, 0.1) is 5.41 Å². The molecule has 21 heavy (non-hydrogen) atoms. The van der Waals surface area contributed by atoms with Gasteiger partial charge in [0.2, 0.25) is 0 Å². The highest BCUT2D eigenvalue weighted by molar-refractivity contribution is 14.0. The van der Waals surface area contributed by atoms with Gasteiger partial charge in [0.05, 0.1) is 13.2 Å². The molecule has 1 saturated heterocycles. The summed E-state index contributed by atoms with van der Waals surface area (Å²) < 4.78 is 5.34. The second-order valence-corrected chi connectivity index (χ2v) is 6.19. The standard InChI is InChI=1S/C15H30N4O.HI/c1-2-4-15(5-6-15)13-18-14(16)17-7-3-8-19-9-11-20-12-10-19;/h2-13H2,1H3,(H3,16,17,18);1H. The molecule has 0 unspecified atom stereocenters. The van der Waals surface area contributed by atoms with Gasteiger partial charge in [-0.25, -0.2) is 0 Å². The lowest BCUT2D eigenvalue weighted by atomic mass is 10.0. The van der Waals surface area contributed by atoms with Gasteiger partial charge in [-0.05, 0) is 37.6 Å². The molecule has 0 spiro atoms. The van der Waals surface area contributed by atoms with E-state index in [1.54, 1.807) is 0 Å². The predicted molar refractivity (Wildman–Crippen MR) is 98.4 cm³/mol. The minimum absolute atomic E-state index is 0. The summed E-state index contributed by atoms with van der Waals surface area (Å²) >= 11 is 0. The Morgan fingerprint density at radius 3 is 2.67 bits per heavy atom. The first-order chi connectivity index (χ1) is 9.74. The number of nitrogens with one attached hydrogen (secondary N) is 1. The fourth-order valence-corrected chi connectivity index (χ4v) is 2.85. The van der Waals surface area contributed by atoms with Crippen molar-refractivity contribution in [3.05, 3.63) is 0 Å². The van der Waals surface area contributed by atoms with E-state index in [4.69, 9.17) is 10.5 Å². The van der Waals surface area contributed by atoms with Gasteiger partial charge in [0.1, 0.15) is 0 Å². The maximum absolute atomic E-state index is 5.93. The van der Waals surface area contributed by atoms with Gasteiger partial charge in [0.15, 0.2) is 5.96 Å². The van der Waals surface area contributed by atoms with Crippen molar-refractivity contribution in [1.29, 1.82) is 0 Å². The summed E-state index contributed by atoms with van der Waals surface area (Å²) in [6.45, 7) is 9.04. The van der Waals surface area contributed by atoms with Crippen LogP contribution in [0.1, 0.15) is 39.0 Å². The Labute approximate surface area is 146 Å². The van der Waals surface area contributed by atoms with E-state index >= 15 is 0 Å². The topological polar surface area (TPSA) is 62.9 Å². The molecular weight excluding hydrogens is 379 g/mol. The number of ether oxygens (including phenoxy) is 1. The zero-order chi connectivity index (χ0) is 14.3. The van der Waals surface area contributed by atoms with E-state index in [0.717, 1.165) is 52.4 Å². The van der Waals surface area contributed by atoms with Crippen LogP contribution in [0.4, 0.5) is 0 Å². The van der Waals surface area contributed by atoms with E-state index in [2.05, 4.69) is 22.1 Å². The first-order valence-corrected chi connectivity index (χ1v) is 8.08. The second kappa shape index (κ2) is 9.84. The molecule has 0 aromatic heterocycles. The SMILES string of the molecule is CCCC1(CN=C(N)NCCCN2CCOCC2)CC1.I. The number of hydrogen-bond donors (Lipinski definition) is 2. The molecule has 6 heteroatoms. The molecule has 0 aromatic carbocycles.